The Morgan fingerprint density at radius 2 is 0.737 bits per heavy atom. The van der Waals surface area contributed by atoms with E-state index in [0.29, 0.717) is 6.42 Å². The number of carboxylic acid groups (broad SMARTS) is 5. The first-order valence-electron chi connectivity index (χ1n) is 32.9. The van der Waals surface area contributed by atoms with Crippen molar-refractivity contribution in [3.05, 3.63) is 0 Å². The molecule has 46 heteroatoms. The number of nitrogens with one attached hydrogen (secondary N) is 12. The van der Waals surface area contributed by atoms with Gasteiger partial charge >= 0.3 is 29.8 Å². The van der Waals surface area contributed by atoms with Crippen LogP contribution < -0.4 is 63.8 Å². The molecule has 7 saturated carbocycles. The first-order valence-corrected chi connectivity index (χ1v) is 39.0. The van der Waals surface area contributed by atoms with Crippen molar-refractivity contribution in [2.24, 2.45) is 73.7 Å². The Hall–Kier alpha value is -3.81. The van der Waals surface area contributed by atoms with E-state index in [2.05, 4.69) is 84.3 Å². The molecule has 0 aromatic carbocycles. The van der Waals surface area contributed by atoms with Crippen molar-refractivity contribution >= 4 is 71.8 Å². The predicted molar refractivity (Wildman–Crippen MR) is 344 cm³/mol. The molecule has 29 N–H and O–H groups in total. The Morgan fingerprint density at radius 1 is 0.394 bits per heavy atom. The van der Waals surface area contributed by atoms with Crippen LogP contribution in [-0.4, -0.2) is 275 Å². The largest absolute Gasteiger partial charge is 0.481 e. The lowest BCUT2D eigenvalue weighted by Crippen LogP contribution is -2.80. The molecule has 27 atom stereocenters. The van der Waals surface area contributed by atoms with E-state index < -0.39 is 244 Å². The standard InChI is InChI=1S/C53H96N16O26S4/c70-5-3-54-48-60-50(64-52(62-48)58-33-18-29(96(84,85)86)13-20-15-35(98(90,91)92)39(41(72)37(20)33)68-66-27-9-22(43(74)75)7-23(10-27)44(76)77)56-26-1-2-32(31(17-26)47(82)83)57-51-61-49(55-4-6-71)63-53(65-51)59-34-19-30(97(87,88)89)14-21-16-36(99(93,94)95)40(42(73)38(21)34)69-67-28-11-24(45(78)79)8-25(12-28)46(80)81/h20-42,48-65,70-73,90-95H,1-19H2,(H,74,75)(H,76,77)(H,78,79)(H,80,81)(H,82,83)(H,84,85,86)(H,87,88,89). The topological polar surface area (TPSA) is 691 Å². The van der Waals surface area contributed by atoms with Gasteiger partial charge in [-0.05, 0) is 108 Å². The second kappa shape index (κ2) is 33.1. The van der Waals surface area contributed by atoms with Gasteiger partial charge in [0.25, 0.3) is 20.2 Å². The number of carboxylic acids is 5. The molecule has 2 aliphatic heterocycles. The van der Waals surface area contributed by atoms with Crippen molar-refractivity contribution in [2.75, 3.05) is 26.3 Å². The maximum Gasteiger partial charge on any atom is 0.308 e. The number of azo groups is 2. The fourth-order valence-electron chi connectivity index (χ4n) is 16.7. The number of aliphatic carboxylic acids is 5. The molecule has 0 aromatic rings. The van der Waals surface area contributed by atoms with E-state index in [-0.39, 0.29) is 116 Å². The van der Waals surface area contributed by atoms with Crippen LogP contribution in [0.1, 0.15) is 96.3 Å². The van der Waals surface area contributed by atoms with Crippen molar-refractivity contribution in [3.8, 4) is 0 Å². The molecular formula is C53H96N16O26S4. The molecule has 42 nitrogen and oxygen atoms in total. The van der Waals surface area contributed by atoms with E-state index in [1.54, 1.807) is 0 Å². The zero-order valence-electron chi connectivity index (χ0n) is 53.4. The third-order valence-corrected chi connectivity index (χ3v) is 26.3. The molecule has 27 unspecified atom stereocenters. The van der Waals surface area contributed by atoms with E-state index in [1.807, 2.05) is 0 Å². The summed E-state index contributed by atoms with van der Waals surface area (Å²) in [6, 6.07) is -8.77. The maximum absolute atomic E-state index is 13.3. The summed E-state index contributed by atoms with van der Waals surface area (Å²) in [5, 5.41) is 143. The number of hydrogen-bond acceptors (Lipinski definition) is 35. The highest BCUT2D eigenvalue weighted by Crippen LogP contribution is 2.56. The first-order chi connectivity index (χ1) is 46.4. The predicted octanol–water partition coefficient (Wildman–Crippen LogP) is -4.04. The van der Waals surface area contributed by atoms with Gasteiger partial charge in [-0.25, -0.2) is 0 Å². The number of aliphatic hydroxyl groups excluding tert-OH is 4. The van der Waals surface area contributed by atoms with E-state index in [0.717, 1.165) is 0 Å². The van der Waals surface area contributed by atoms with Crippen LogP contribution in [0.25, 0.3) is 0 Å². The van der Waals surface area contributed by atoms with Gasteiger partial charge in [-0.2, -0.15) is 37.3 Å². The highest BCUT2D eigenvalue weighted by molar-refractivity contribution is 8.20. The van der Waals surface area contributed by atoms with Crippen LogP contribution in [0, 0.1) is 53.3 Å². The summed E-state index contributed by atoms with van der Waals surface area (Å²) in [6.07, 6.45) is -11.8. The van der Waals surface area contributed by atoms with E-state index in [4.69, 9.17) is 0 Å². The van der Waals surface area contributed by atoms with Crippen molar-refractivity contribution < 1.29 is 123 Å². The Labute approximate surface area is 572 Å². The van der Waals surface area contributed by atoms with E-state index in [1.165, 1.54) is 0 Å². The van der Waals surface area contributed by atoms with Crippen LogP contribution in [0.15, 0.2) is 20.5 Å². The molecule has 568 valence electrons. The minimum Gasteiger partial charge on any atom is -0.481 e. The molecule has 0 spiro atoms. The SMILES string of the molecule is O=C(O)C1CC(N=NC2C(O)C3C(CC2S(O)(O)O)CC(S(=O)(=O)O)CC3NC2NC(NCCO)NC(NC3CCC(NC4NC(NCCO)NC(NC5CC(S(=O)(=O)O)CC6CC(S(O)(O)O)C(N=NC7CC(C(=O)O)CC(C(=O)O)C7)C(O)C65)N4)C(C(=O)O)C3)N2)CC(C(=O)O)C1. The van der Waals surface area contributed by atoms with Gasteiger partial charge in [0.2, 0.25) is 0 Å². The summed E-state index contributed by atoms with van der Waals surface area (Å²) >= 11 is 0. The van der Waals surface area contributed by atoms with E-state index in [9.17, 15) is 123 Å². The fourth-order valence-corrected chi connectivity index (χ4v) is 20.8. The Kier molecular flexibility index (Phi) is 26.5. The lowest BCUT2D eigenvalue weighted by atomic mass is 9.65. The summed E-state index contributed by atoms with van der Waals surface area (Å²) in [4.78, 5) is 61.4. The number of fused-ring (bicyclic) bond motifs is 2. The highest BCUT2D eigenvalue weighted by atomic mass is 32.3. The molecule has 9 rings (SSSR count). The van der Waals surface area contributed by atoms with Gasteiger partial charge in [-0.1, -0.05) is 0 Å². The van der Waals surface area contributed by atoms with Crippen LogP contribution in [0.5, 0.6) is 0 Å². The van der Waals surface area contributed by atoms with Gasteiger partial charge in [0, 0.05) is 49.1 Å². The van der Waals surface area contributed by atoms with Gasteiger partial charge < -0.3 is 73.3 Å². The number of aliphatic hydroxyl groups is 4. The number of rotatable bonds is 27. The van der Waals surface area contributed by atoms with Crippen molar-refractivity contribution in [2.45, 2.75) is 216 Å². The summed E-state index contributed by atoms with van der Waals surface area (Å²) in [5.74, 6) is -15.8. The molecule has 9 aliphatic rings. The van der Waals surface area contributed by atoms with Crippen LogP contribution in [0.2, 0.25) is 0 Å². The second-order valence-corrected chi connectivity index (χ2v) is 34.6. The van der Waals surface area contributed by atoms with Crippen molar-refractivity contribution in [1.29, 1.82) is 0 Å². The van der Waals surface area contributed by atoms with Crippen LogP contribution in [-0.2, 0) is 44.2 Å². The van der Waals surface area contributed by atoms with Crippen LogP contribution in [0.3, 0.4) is 0 Å². The van der Waals surface area contributed by atoms with E-state index >= 15 is 0 Å². The quantitative estimate of drug-likeness (QED) is 0.0275. The summed E-state index contributed by atoms with van der Waals surface area (Å²) < 4.78 is 137. The molecule has 0 bridgehead atoms. The molecule has 2 saturated heterocycles. The minimum atomic E-state index is -4.82. The molecule has 99 heavy (non-hydrogen) atoms. The molecule has 9 fully saturated rings. The minimum absolute atomic E-state index is 0.00708. The van der Waals surface area contributed by atoms with Crippen molar-refractivity contribution in [3.63, 3.8) is 0 Å². The molecular weight excluding hydrogens is 1400 g/mol. The zero-order chi connectivity index (χ0) is 72.4. The Bertz CT molecular complexity index is 3070. The molecule has 0 amide bonds. The van der Waals surface area contributed by atoms with Gasteiger partial charge in [-0.3, -0.25) is 96.9 Å². The third kappa shape index (κ3) is 20.2. The second-order valence-electron chi connectivity index (χ2n) is 27.7. The number of hydrogen-bond donors (Lipinski definition) is 29. The van der Waals surface area contributed by atoms with Crippen LogP contribution >= 0.6 is 21.7 Å². The Balaban J connectivity index is 0.897. The lowest BCUT2D eigenvalue weighted by Gasteiger charge is -2.53. The number of carbonyl (C=O) groups is 5. The fraction of sp³-hybridized carbons (Fsp3) is 0.906. The summed E-state index contributed by atoms with van der Waals surface area (Å²) in [6.45, 7) is -0.651. The normalized spacial score (nSPS) is 42.4. The lowest BCUT2D eigenvalue weighted by molar-refractivity contribution is -0.150. The molecule has 0 radical (unpaired) electrons. The smallest absolute Gasteiger partial charge is 0.308 e. The van der Waals surface area contributed by atoms with Gasteiger partial charge in [0.1, 0.15) is 49.8 Å². The Morgan fingerprint density at radius 3 is 1.06 bits per heavy atom. The molecule has 7 aliphatic carbocycles. The van der Waals surface area contributed by atoms with Gasteiger partial charge in [0.05, 0.1) is 110 Å². The average molecular weight is 1500 g/mol. The van der Waals surface area contributed by atoms with Crippen molar-refractivity contribution in [1.82, 2.24) is 63.8 Å². The number of nitrogens with zero attached hydrogens (tertiary/aromatic N) is 4. The first kappa shape index (κ1) is 79.3. The molecule has 2 heterocycles. The van der Waals surface area contributed by atoms with Gasteiger partial charge in [0.15, 0.2) is 0 Å². The van der Waals surface area contributed by atoms with Crippen LogP contribution in [0.4, 0.5) is 0 Å². The zero-order valence-corrected chi connectivity index (χ0v) is 56.6. The third-order valence-electron chi connectivity index (χ3n) is 21.3. The monoisotopic (exact) mass is 1500 g/mol. The average Bonchev–Trinajstić information content (AvgIpc) is 0.753. The highest BCUT2D eigenvalue weighted by Gasteiger charge is 2.59. The molecule has 0 aromatic heterocycles. The maximum atomic E-state index is 13.3. The summed E-state index contributed by atoms with van der Waals surface area (Å²) in [5.41, 5.74) is 0. The summed E-state index contributed by atoms with van der Waals surface area (Å²) in [7, 11) is -18.8. The van der Waals surface area contributed by atoms with Gasteiger partial charge in [-0.15, -0.1) is 0 Å².